The average Bonchev–Trinajstić information content (AvgIpc) is 4.07. The normalized spacial score (nSPS) is 21.3. The Kier molecular flexibility index (Phi) is 17.6. The number of hydrogen-bond acceptors (Lipinski definition) is 19. The molecule has 4 aliphatic rings. The maximum absolute atomic E-state index is 14.6. The second kappa shape index (κ2) is 24.3. The van der Waals surface area contributed by atoms with E-state index < -0.39 is 58.2 Å². The number of aromatic nitrogens is 2. The summed E-state index contributed by atoms with van der Waals surface area (Å²) in [5.41, 5.74) is 1.83. The van der Waals surface area contributed by atoms with Crippen molar-refractivity contribution in [1.82, 2.24) is 24.5 Å². The predicted molar refractivity (Wildman–Crippen MR) is 277 cm³/mol. The molecule has 4 aromatic rings. The van der Waals surface area contributed by atoms with Gasteiger partial charge in [-0.1, -0.05) is 41.0 Å². The highest BCUT2D eigenvalue weighted by Gasteiger charge is 2.62. The van der Waals surface area contributed by atoms with E-state index in [-0.39, 0.29) is 85.6 Å². The number of carbonyl (C=O) groups excluding carboxylic acids is 6. The van der Waals surface area contributed by atoms with Crippen LogP contribution in [0.3, 0.4) is 0 Å². The number of amides is 3. The number of benzene rings is 3. The number of β-lactam (4-membered cyclic amide) rings is 1. The number of nitrogens with zero attached hydrogens (tertiary/aromatic N) is 6. The quantitative estimate of drug-likeness (QED) is 0.0166. The van der Waals surface area contributed by atoms with E-state index in [9.17, 15) is 33.3 Å². The number of halogens is 1. The van der Waals surface area contributed by atoms with Crippen molar-refractivity contribution in [2.75, 3.05) is 52.7 Å². The van der Waals surface area contributed by atoms with Crippen molar-refractivity contribution >= 4 is 99.7 Å². The van der Waals surface area contributed by atoms with Gasteiger partial charge in [-0.3, -0.25) is 24.1 Å². The molecule has 0 saturated carbocycles. The minimum absolute atomic E-state index is 0.0509. The monoisotopic (exact) mass is 1090 g/mol. The largest absolute Gasteiger partial charge is 0.614 e. The number of quaternary nitrogens is 1. The molecule has 22 nitrogen and oxygen atoms in total. The molecule has 0 radical (unpaired) electrons. The van der Waals surface area contributed by atoms with E-state index in [2.05, 4.69) is 24.5 Å². The highest BCUT2D eigenvalue weighted by atomic mass is 35.5. The van der Waals surface area contributed by atoms with Crippen molar-refractivity contribution in [1.29, 1.82) is 0 Å². The summed E-state index contributed by atoms with van der Waals surface area (Å²) in [6.45, 7) is 4.24. The summed E-state index contributed by atoms with van der Waals surface area (Å²) >= 11 is 6.23. The van der Waals surface area contributed by atoms with Gasteiger partial charge in [-0.05, 0) is 77.2 Å². The van der Waals surface area contributed by atoms with Crippen LogP contribution in [0.15, 0.2) is 77.1 Å². The lowest BCUT2D eigenvalue weighted by molar-refractivity contribution is -0.938. The van der Waals surface area contributed by atoms with Gasteiger partial charge >= 0.3 is 35.5 Å². The summed E-state index contributed by atoms with van der Waals surface area (Å²) in [5.74, 6) is -2.06. The fourth-order valence-electron chi connectivity index (χ4n) is 9.59. The van der Waals surface area contributed by atoms with Gasteiger partial charge in [0.1, 0.15) is 53.8 Å². The van der Waals surface area contributed by atoms with Crippen LogP contribution in [-0.2, 0) is 67.2 Å². The Morgan fingerprint density at radius 2 is 1.71 bits per heavy atom. The maximum Gasteiger partial charge on any atom is 0.347 e. The molecule has 0 bridgehead atoms. The van der Waals surface area contributed by atoms with E-state index in [0.717, 1.165) is 48.5 Å². The molecule has 75 heavy (non-hydrogen) atoms. The van der Waals surface area contributed by atoms with Crippen LogP contribution in [0.25, 0.3) is 0 Å². The SMILES string of the molecule is BOC(=O)C1=C(C[N+]23CCC[C@H]2CN(C(=O)c2ccc(OCc4ccc(OC)cc4)c(OCc4ccc(OC)cc4)c2Cl)CC3)C[S+]([O-])[C@@H]2[C@H](NC(=O)/C(=N\O[C@@H](CBOC=O)C(=O)OB)c3nsc(C)n3)C(=O)N12. The van der Waals surface area contributed by atoms with Crippen molar-refractivity contribution in [3.8, 4) is 23.0 Å². The summed E-state index contributed by atoms with van der Waals surface area (Å²) < 4.78 is 56.7. The van der Waals surface area contributed by atoms with Gasteiger partial charge in [0.2, 0.25) is 23.0 Å². The first-order valence-electron chi connectivity index (χ1n) is 23.7. The van der Waals surface area contributed by atoms with Crippen LogP contribution in [-0.4, -0.2) is 170 Å². The van der Waals surface area contributed by atoms with Crippen LogP contribution in [0, 0.1) is 6.92 Å². The van der Waals surface area contributed by atoms with Gasteiger partial charge in [0.25, 0.3) is 24.2 Å². The van der Waals surface area contributed by atoms with E-state index in [1.807, 2.05) is 48.5 Å². The number of aryl methyl sites for hydroxylation is 1. The van der Waals surface area contributed by atoms with Gasteiger partial charge in [-0.15, -0.1) is 0 Å². The van der Waals surface area contributed by atoms with Gasteiger partial charge in [0.05, 0.1) is 56.6 Å². The molecule has 4 aliphatic heterocycles. The number of piperazine rings is 1. The molecular formula is C47H52B3ClN7O15S2+. The first kappa shape index (κ1) is 54.5. The summed E-state index contributed by atoms with van der Waals surface area (Å²) in [6, 6.07) is 16.6. The highest BCUT2D eigenvalue weighted by molar-refractivity contribution is 7.92. The first-order valence-corrected chi connectivity index (χ1v) is 26.2. The van der Waals surface area contributed by atoms with E-state index >= 15 is 0 Å². The lowest BCUT2D eigenvalue weighted by Crippen LogP contribution is -2.75. The Bertz CT molecular complexity index is 2870. The Morgan fingerprint density at radius 3 is 2.33 bits per heavy atom. The van der Waals surface area contributed by atoms with Gasteiger partial charge in [0, 0.05) is 19.2 Å². The molecule has 1 N–H and O–H groups in total. The molecule has 0 spiro atoms. The molecule has 392 valence electrons. The van der Waals surface area contributed by atoms with Gasteiger partial charge < -0.3 is 57.0 Å². The maximum atomic E-state index is 14.6. The van der Waals surface area contributed by atoms with E-state index in [0.29, 0.717) is 58.5 Å². The van der Waals surface area contributed by atoms with Crippen molar-refractivity contribution in [2.24, 2.45) is 5.16 Å². The van der Waals surface area contributed by atoms with Crippen molar-refractivity contribution in [2.45, 2.75) is 62.9 Å². The molecule has 5 heterocycles. The second-order valence-electron chi connectivity index (χ2n) is 17.9. The Balaban J connectivity index is 0.988. The highest BCUT2D eigenvalue weighted by Crippen LogP contribution is 2.43. The fraction of sp³-hybridized carbons (Fsp3) is 0.383. The van der Waals surface area contributed by atoms with Crippen molar-refractivity contribution in [3.63, 3.8) is 0 Å². The molecule has 2 unspecified atom stereocenters. The number of hydrogen-bond donors (Lipinski definition) is 1. The van der Waals surface area contributed by atoms with E-state index in [1.165, 1.54) is 8.05 Å². The van der Waals surface area contributed by atoms with Crippen LogP contribution in [0.5, 0.6) is 23.0 Å². The molecule has 3 fully saturated rings. The smallest absolute Gasteiger partial charge is 0.347 e. The molecule has 1 aromatic heterocycles. The number of fused-ring (bicyclic) bond motifs is 2. The van der Waals surface area contributed by atoms with E-state index in [4.69, 9.17) is 44.7 Å². The van der Waals surface area contributed by atoms with Gasteiger partial charge in [-0.25, -0.2) is 14.6 Å². The molecule has 28 heteroatoms. The lowest BCUT2D eigenvalue weighted by Gasteiger charge is -2.51. The zero-order valence-corrected chi connectivity index (χ0v) is 44.0. The second-order valence-corrected chi connectivity index (χ2v) is 20.7. The van der Waals surface area contributed by atoms with Gasteiger partial charge in [0.15, 0.2) is 17.5 Å². The van der Waals surface area contributed by atoms with Crippen molar-refractivity contribution < 1.29 is 75.6 Å². The molecule has 6 atom stereocenters. The average molecular weight is 1090 g/mol. The van der Waals surface area contributed by atoms with Crippen LogP contribution < -0.4 is 24.3 Å². The Morgan fingerprint density at radius 1 is 1.01 bits per heavy atom. The molecular weight excluding hydrogens is 1030 g/mol. The third kappa shape index (κ3) is 11.9. The molecule has 3 amide bonds. The molecule has 3 aromatic carbocycles. The number of oxime groups is 1. The summed E-state index contributed by atoms with van der Waals surface area (Å²) in [5, 5.41) is 5.83. The van der Waals surface area contributed by atoms with Gasteiger partial charge in [-0.2, -0.15) is 4.37 Å². The summed E-state index contributed by atoms with van der Waals surface area (Å²) in [4.78, 5) is 91.9. The summed E-state index contributed by atoms with van der Waals surface area (Å²) in [6.07, 6.45) is -0.0140. The van der Waals surface area contributed by atoms with Crippen LogP contribution in [0.1, 0.15) is 45.2 Å². The zero-order chi connectivity index (χ0) is 53.4. The van der Waals surface area contributed by atoms with E-state index in [1.54, 1.807) is 38.2 Å². The number of ether oxygens (including phenoxy) is 4. The Labute approximate surface area is 446 Å². The third-order valence-electron chi connectivity index (χ3n) is 13.5. The molecule has 3 saturated heterocycles. The van der Waals surface area contributed by atoms with Crippen LogP contribution in [0.2, 0.25) is 11.3 Å². The third-order valence-corrected chi connectivity index (χ3v) is 16.1. The topological polar surface area (TPSA) is 256 Å². The standard InChI is InChI=1S/C47H51B3ClN7O15S2/c1-26-52-41(55-74-26)37(54-73-35(46(63)71-48)19-50-70-25-59)42(60)53-38-44(62)57-39(47(64)72-49)29(24-75(65)45(38)57)21-58-17-4-5-30(58)20-56(16-18-58)43(61)33-14-15-34(68-22-27-6-10-31(66-2)11-7-27)40(36(33)51)69-23-28-8-12-32(67-3)13-9-28/h6-15,25,30,35,38,45,50H,4-5,16-24,48-49H2,1-3H3/p+1/b54-37-/t30-,35-,38+,45+,58?,75?/m0/s1. The van der Waals surface area contributed by atoms with Crippen molar-refractivity contribution in [3.05, 3.63) is 104 Å². The number of rotatable bonds is 22. The molecule has 8 rings (SSSR count). The number of carbonyl (C=O) groups is 6. The predicted octanol–water partition coefficient (Wildman–Crippen LogP) is 0.695. The minimum Gasteiger partial charge on any atom is -0.614 e. The zero-order valence-electron chi connectivity index (χ0n) is 41.6. The minimum atomic E-state index is -1.83. The Hall–Kier alpha value is -6.80. The van der Waals surface area contributed by atoms with Crippen LogP contribution >= 0.6 is 23.1 Å². The fourth-order valence-corrected chi connectivity index (χ4v) is 12.0. The number of methoxy groups -OCH3 is 2. The number of nitrogens with one attached hydrogen (secondary N) is 1. The first-order chi connectivity index (χ1) is 36.2. The summed E-state index contributed by atoms with van der Waals surface area (Å²) in [7, 11) is 5.24. The lowest BCUT2D eigenvalue weighted by atomic mass is 9.91. The molecule has 0 aliphatic carbocycles. The van der Waals surface area contributed by atoms with Crippen LogP contribution in [0.4, 0.5) is 0 Å².